The fraction of sp³-hybridized carbons (Fsp3) is 0.238. The van der Waals surface area contributed by atoms with Crippen molar-refractivity contribution in [2.75, 3.05) is 5.32 Å². The van der Waals surface area contributed by atoms with Crippen LogP contribution >= 0.6 is 11.8 Å². The summed E-state index contributed by atoms with van der Waals surface area (Å²) in [5, 5.41) is 3.48. The Hall–Kier alpha value is -3.13. The first-order chi connectivity index (χ1) is 13.9. The number of nitrogens with two attached hydrogens (primary N) is 1. The summed E-state index contributed by atoms with van der Waals surface area (Å²) in [6, 6.07) is 13.6. The lowest BCUT2D eigenvalue weighted by Gasteiger charge is -2.17. The Morgan fingerprint density at radius 3 is 2.45 bits per heavy atom. The van der Waals surface area contributed by atoms with E-state index in [1.165, 1.54) is 11.8 Å². The molecular formula is C21H22N4O3S. The van der Waals surface area contributed by atoms with E-state index in [1.807, 2.05) is 26.0 Å². The van der Waals surface area contributed by atoms with Crippen LogP contribution in [0.1, 0.15) is 30.6 Å². The van der Waals surface area contributed by atoms with Gasteiger partial charge in [0.15, 0.2) is 5.16 Å². The van der Waals surface area contributed by atoms with Crippen molar-refractivity contribution in [3.8, 4) is 0 Å². The number of primary amides is 1. The van der Waals surface area contributed by atoms with Crippen LogP contribution < -0.4 is 16.6 Å². The monoisotopic (exact) mass is 410 g/mol. The average molecular weight is 410 g/mol. The highest BCUT2D eigenvalue weighted by Crippen LogP contribution is 2.26. The first-order valence-electron chi connectivity index (χ1n) is 9.31. The molecule has 1 heterocycles. The van der Waals surface area contributed by atoms with E-state index in [2.05, 4.69) is 10.3 Å². The second-order valence-corrected chi connectivity index (χ2v) is 7.58. The van der Waals surface area contributed by atoms with E-state index in [9.17, 15) is 14.4 Å². The van der Waals surface area contributed by atoms with Crippen molar-refractivity contribution in [1.29, 1.82) is 0 Å². The molecule has 1 atom stereocenters. The van der Waals surface area contributed by atoms with Gasteiger partial charge in [-0.05, 0) is 49.7 Å². The zero-order valence-corrected chi connectivity index (χ0v) is 17.0. The molecule has 0 spiro atoms. The van der Waals surface area contributed by atoms with Crippen LogP contribution in [-0.4, -0.2) is 26.6 Å². The van der Waals surface area contributed by atoms with Gasteiger partial charge < -0.3 is 11.1 Å². The molecular weight excluding hydrogens is 388 g/mol. The molecule has 7 nitrogen and oxygen atoms in total. The first kappa shape index (κ1) is 20.6. The van der Waals surface area contributed by atoms with Gasteiger partial charge in [-0.3, -0.25) is 19.0 Å². The van der Waals surface area contributed by atoms with E-state index in [0.29, 0.717) is 40.3 Å². The second kappa shape index (κ2) is 8.91. The summed E-state index contributed by atoms with van der Waals surface area (Å²) in [5.41, 5.74) is 6.68. The Kier molecular flexibility index (Phi) is 6.33. The minimum Gasteiger partial charge on any atom is -0.366 e. The fourth-order valence-electron chi connectivity index (χ4n) is 2.91. The highest BCUT2D eigenvalue weighted by atomic mass is 32.2. The number of benzene rings is 2. The van der Waals surface area contributed by atoms with Crippen LogP contribution in [0.15, 0.2) is 58.5 Å². The van der Waals surface area contributed by atoms with E-state index < -0.39 is 11.2 Å². The molecule has 0 aliphatic carbocycles. The van der Waals surface area contributed by atoms with Crippen LogP contribution in [-0.2, 0) is 11.3 Å². The van der Waals surface area contributed by atoms with Crippen molar-refractivity contribution in [2.45, 2.75) is 37.2 Å². The van der Waals surface area contributed by atoms with Gasteiger partial charge in [0.05, 0.1) is 16.2 Å². The number of thioether (sulfide) groups is 1. The van der Waals surface area contributed by atoms with Crippen LogP contribution in [0, 0.1) is 0 Å². The van der Waals surface area contributed by atoms with Crippen LogP contribution in [0.25, 0.3) is 10.9 Å². The maximum Gasteiger partial charge on any atom is 0.262 e. The molecule has 0 aliphatic rings. The number of fused-ring (bicyclic) bond motifs is 1. The molecule has 0 saturated heterocycles. The second-order valence-electron chi connectivity index (χ2n) is 6.41. The highest BCUT2D eigenvalue weighted by molar-refractivity contribution is 8.00. The molecule has 2 amide bonds. The first-order valence-corrected chi connectivity index (χ1v) is 10.2. The quantitative estimate of drug-likeness (QED) is 0.460. The van der Waals surface area contributed by atoms with Gasteiger partial charge in [-0.1, -0.05) is 30.8 Å². The zero-order chi connectivity index (χ0) is 21.0. The number of hydrogen-bond acceptors (Lipinski definition) is 5. The van der Waals surface area contributed by atoms with Crippen molar-refractivity contribution >= 4 is 40.2 Å². The number of anilines is 1. The maximum atomic E-state index is 12.8. The summed E-state index contributed by atoms with van der Waals surface area (Å²) in [6.45, 7) is 4.25. The number of para-hydroxylation sites is 1. The van der Waals surface area contributed by atoms with E-state index in [0.717, 1.165) is 0 Å². The van der Waals surface area contributed by atoms with Crippen LogP contribution in [0.5, 0.6) is 0 Å². The predicted octanol–water partition coefficient (Wildman–Crippen LogP) is 3.02. The van der Waals surface area contributed by atoms with Gasteiger partial charge in [-0.25, -0.2) is 4.98 Å². The van der Waals surface area contributed by atoms with Gasteiger partial charge in [0.25, 0.3) is 5.56 Å². The molecule has 3 N–H and O–H groups in total. The highest BCUT2D eigenvalue weighted by Gasteiger charge is 2.22. The third-order valence-corrected chi connectivity index (χ3v) is 5.85. The largest absolute Gasteiger partial charge is 0.366 e. The van der Waals surface area contributed by atoms with E-state index in [4.69, 9.17) is 5.73 Å². The summed E-state index contributed by atoms with van der Waals surface area (Å²) in [5.74, 6) is -0.723. The summed E-state index contributed by atoms with van der Waals surface area (Å²) in [6.07, 6.45) is 0.558. The average Bonchev–Trinajstić information content (AvgIpc) is 2.72. The van der Waals surface area contributed by atoms with E-state index in [1.54, 1.807) is 41.0 Å². The van der Waals surface area contributed by atoms with Gasteiger partial charge in [-0.15, -0.1) is 0 Å². The van der Waals surface area contributed by atoms with Gasteiger partial charge in [0.2, 0.25) is 11.8 Å². The summed E-state index contributed by atoms with van der Waals surface area (Å²) in [7, 11) is 0. The Labute approximate surface area is 172 Å². The molecule has 2 aromatic carbocycles. The van der Waals surface area contributed by atoms with E-state index >= 15 is 0 Å². The lowest BCUT2D eigenvalue weighted by Crippen LogP contribution is -2.28. The fourth-order valence-corrected chi connectivity index (χ4v) is 3.98. The molecule has 1 aromatic heterocycles. The van der Waals surface area contributed by atoms with Crippen LogP contribution in [0.4, 0.5) is 5.69 Å². The number of aromatic nitrogens is 2. The van der Waals surface area contributed by atoms with E-state index in [-0.39, 0.29) is 11.5 Å². The molecule has 29 heavy (non-hydrogen) atoms. The molecule has 0 saturated carbocycles. The molecule has 0 fully saturated rings. The summed E-state index contributed by atoms with van der Waals surface area (Å²) in [4.78, 5) is 41.3. The number of nitrogens with zero attached hydrogens (tertiary/aromatic N) is 2. The number of carbonyl (C=O) groups is 2. The Bertz CT molecular complexity index is 1110. The molecule has 0 bridgehead atoms. The van der Waals surface area contributed by atoms with Gasteiger partial charge in [-0.2, -0.15) is 0 Å². The van der Waals surface area contributed by atoms with Crippen molar-refractivity contribution in [3.05, 3.63) is 64.4 Å². The molecule has 0 radical (unpaired) electrons. The predicted molar refractivity (Wildman–Crippen MR) is 115 cm³/mol. The van der Waals surface area contributed by atoms with Crippen molar-refractivity contribution in [2.24, 2.45) is 5.73 Å². The molecule has 0 aliphatic heterocycles. The van der Waals surface area contributed by atoms with Crippen LogP contribution in [0.2, 0.25) is 0 Å². The molecule has 3 rings (SSSR count). The molecule has 1 unspecified atom stereocenters. The number of nitrogens with one attached hydrogen (secondary N) is 1. The number of carbonyl (C=O) groups excluding carboxylic acids is 2. The third-order valence-electron chi connectivity index (χ3n) is 4.49. The molecule has 3 aromatic rings. The zero-order valence-electron chi connectivity index (χ0n) is 16.2. The Balaban J connectivity index is 1.84. The third kappa shape index (κ3) is 4.48. The normalized spacial score (nSPS) is 11.9. The van der Waals surface area contributed by atoms with Crippen molar-refractivity contribution in [3.63, 3.8) is 0 Å². The number of hydrogen-bond donors (Lipinski definition) is 2. The lowest BCUT2D eigenvalue weighted by atomic mass is 10.2. The van der Waals surface area contributed by atoms with Gasteiger partial charge in [0.1, 0.15) is 0 Å². The minimum atomic E-state index is -0.523. The SMILES string of the molecule is CCC(Sc1nc2ccccc2c(=O)n1CC)C(=O)Nc1ccc(C(N)=O)cc1. The van der Waals surface area contributed by atoms with Gasteiger partial charge >= 0.3 is 0 Å². The molecule has 8 heteroatoms. The summed E-state index contributed by atoms with van der Waals surface area (Å²) < 4.78 is 1.59. The smallest absolute Gasteiger partial charge is 0.262 e. The Morgan fingerprint density at radius 1 is 1.14 bits per heavy atom. The Morgan fingerprint density at radius 2 is 1.83 bits per heavy atom. The minimum absolute atomic E-state index is 0.113. The topological polar surface area (TPSA) is 107 Å². The lowest BCUT2D eigenvalue weighted by molar-refractivity contribution is -0.115. The van der Waals surface area contributed by atoms with Crippen molar-refractivity contribution < 1.29 is 9.59 Å². The standard InChI is InChI=1S/C21H22N4O3S/c1-3-17(19(27)23-14-11-9-13(10-12-14)18(22)26)29-21-24-16-8-6-5-7-15(16)20(28)25(21)4-2/h5-12,17H,3-4H2,1-2H3,(H2,22,26)(H,23,27). The number of amides is 2. The summed E-state index contributed by atoms with van der Waals surface area (Å²) >= 11 is 1.27. The molecule has 150 valence electrons. The van der Waals surface area contributed by atoms with Crippen LogP contribution in [0.3, 0.4) is 0 Å². The number of rotatable bonds is 7. The van der Waals surface area contributed by atoms with Crippen molar-refractivity contribution in [1.82, 2.24) is 9.55 Å². The maximum absolute atomic E-state index is 12.8. The van der Waals surface area contributed by atoms with Gasteiger partial charge in [0, 0.05) is 17.8 Å².